The molecule has 1 aliphatic rings. The van der Waals surface area contributed by atoms with E-state index in [1.54, 1.807) is 0 Å². The molecule has 1 aliphatic heterocycles. The van der Waals surface area contributed by atoms with Crippen molar-refractivity contribution in [2.45, 2.75) is 19.4 Å². The van der Waals surface area contributed by atoms with Crippen molar-refractivity contribution in [3.05, 3.63) is 29.1 Å². The molecule has 6 heteroatoms. The van der Waals surface area contributed by atoms with Crippen LogP contribution in [-0.2, 0) is 4.79 Å². The van der Waals surface area contributed by atoms with Gasteiger partial charge in [-0.05, 0) is 13.0 Å². The Morgan fingerprint density at radius 3 is 2.71 bits per heavy atom. The van der Waals surface area contributed by atoms with E-state index in [9.17, 15) is 18.0 Å². The van der Waals surface area contributed by atoms with Crippen LogP contribution in [0.15, 0.2) is 6.07 Å². The van der Waals surface area contributed by atoms with Gasteiger partial charge in [0.2, 0.25) is 5.91 Å². The Hall–Kier alpha value is -1.56. The van der Waals surface area contributed by atoms with Crippen molar-refractivity contribution >= 4 is 11.6 Å². The molecule has 0 fully saturated rings. The van der Waals surface area contributed by atoms with Crippen LogP contribution in [0.5, 0.6) is 0 Å². The first-order valence-electron chi connectivity index (χ1n) is 5.28. The molecule has 0 saturated heterocycles. The Morgan fingerprint density at radius 1 is 1.35 bits per heavy atom. The molecular weight excluding hydrogens is 233 g/mol. The maximum Gasteiger partial charge on any atom is 0.246 e. The molecule has 1 aromatic carbocycles. The fraction of sp³-hybridized carbons (Fsp3) is 0.364. The van der Waals surface area contributed by atoms with Gasteiger partial charge in [-0.1, -0.05) is 6.92 Å². The lowest BCUT2D eigenvalue weighted by Gasteiger charge is -2.11. The van der Waals surface area contributed by atoms with Gasteiger partial charge in [0.15, 0.2) is 11.6 Å². The van der Waals surface area contributed by atoms with E-state index < -0.39 is 35.1 Å². The summed E-state index contributed by atoms with van der Waals surface area (Å²) in [6.07, 6.45) is 0.740. The van der Waals surface area contributed by atoms with Gasteiger partial charge < -0.3 is 10.6 Å². The number of rotatable bonds is 3. The molecule has 1 amide bonds. The molecular formula is C11H11F3N2O. The summed E-state index contributed by atoms with van der Waals surface area (Å²) in [6, 6.07) is -0.505. The number of amides is 1. The van der Waals surface area contributed by atoms with E-state index in [1.165, 1.54) is 0 Å². The summed E-state index contributed by atoms with van der Waals surface area (Å²) in [7, 11) is 0. The van der Waals surface area contributed by atoms with Crippen molar-refractivity contribution in [2.75, 3.05) is 11.9 Å². The van der Waals surface area contributed by atoms with Gasteiger partial charge in [-0.15, -0.1) is 0 Å². The number of carbonyl (C=O) groups is 1. The van der Waals surface area contributed by atoms with Gasteiger partial charge in [0, 0.05) is 11.6 Å². The second-order valence-electron chi connectivity index (χ2n) is 3.82. The number of anilines is 1. The van der Waals surface area contributed by atoms with E-state index in [0.717, 1.165) is 6.42 Å². The third-order valence-corrected chi connectivity index (χ3v) is 2.61. The first-order chi connectivity index (χ1) is 8.06. The van der Waals surface area contributed by atoms with Crippen molar-refractivity contribution in [1.29, 1.82) is 0 Å². The minimum Gasteiger partial charge on any atom is -0.321 e. The molecule has 0 radical (unpaired) electrons. The minimum absolute atomic E-state index is 0.151. The van der Waals surface area contributed by atoms with E-state index in [1.807, 2.05) is 6.92 Å². The number of carbonyl (C=O) groups excluding carboxylic acids is 1. The monoisotopic (exact) mass is 244 g/mol. The molecule has 1 atom stereocenters. The quantitative estimate of drug-likeness (QED) is 0.799. The smallest absolute Gasteiger partial charge is 0.246 e. The number of halogens is 3. The first-order valence-corrected chi connectivity index (χ1v) is 5.28. The zero-order valence-electron chi connectivity index (χ0n) is 9.11. The van der Waals surface area contributed by atoms with E-state index >= 15 is 0 Å². The van der Waals surface area contributed by atoms with Crippen molar-refractivity contribution in [1.82, 2.24) is 5.32 Å². The highest BCUT2D eigenvalue weighted by Gasteiger charge is 2.36. The zero-order chi connectivity index (χ0) is 12.6. The lowest BCUT2D eigenvalue weighted by atomic mass is 10.1. The summed E-state index contributed by atoms with van der Waals surface area (Å²) in [4.78, 5) is 11.5. The van der Waals surface area contributed by atoms with Crippen molar-refractivity contribution in [3.63, 3.8) is 0 Å². The van der Waals surface area contributed by atoms with Crippen LogP contribution in [0.4, 0.5) is 18.9 Å². The maximum absolute atomic E-state index is 13.5. The lowest BCUT2D eigenvalue weighted by molar-refractivity contribution is -0.117. The van der Waals surface area contributed by atoms with Crippen LogP contribution < -0.4 is 10.6 Å². The Kier molecular flexibility index (Phi) is 3.06. The highest BCUT2D eigenvalue weighted by molar-refractivity contribution is 6.02. The van der Waals surface area contributed by atoms with Gasteiger partial charge in [-0.25, -0.2) is 13.2 Å². The van der Waals surface area contributed by atoms with E-state index in [0.29, 0.717) is 12.6 Å². The SMILES string of the molecule is CCCNC1C(=O)Nc2c(F)c(F)cc(F)c21. The fourth-order valence-electron chi connectivity index (χ4n) is 1.82. The minimum atomic E-state index is -1.31. The summed E-state index contributed by atoms with van der Waals surface area (Å²) in [5.74, 6) is -4.03. The molecule has 0 saturated carbocycles. The molecule has 2 N–H and O–H groups in total. The summed E-state index contributed by atoms with van der Waals surface area (Å²) >= 11 is 0. The van der Waals surface area contributed by atoms with Crippen LogP contribution in [0.3, 0.4) is 0 Å². The third kappa shape index (κ3) is 1.88. The van der Waals surface area contributed by atoms with Crippen LogP contribution in [-0.4, -0.2) is 12.5 Å². The lowest BCUT2D eigenvalue weighted by Crippen LogP contribution is -2.28. The Morgan fingerprint density at radius 2 is 2.06 bits per heavy atom. The summed E-state index contributed by atoms with van der Waals surface area (Å²) in [5, 5.41) is 4.93. The molecule has 1 unspecified atom stereocenters. The van der Waals surface area contributed by atoms with Crippen molar-refractivity contribution in [3.8, 4) is 0 Å². The molecule has 0 bridgehead atoms. The normalized spacial score (nSPS) is 18.1. The van der Waals surface area contributed by atoms with E-state index in [4.69, 9.17) is 0 Å². The average molecular weight is 244 g/mol. The maximum atomic E-state index is 13.5. The zero-order valence-corrected chi connectivity index (χ0v) is 9.11. The molecule has 0 aliphatic carbocycles. The van der Waals surface area contributed by atoms with Gasteiger partial charge >= 0.3 is 0 Å². The first kappa shape index (κ1) is 11.9. The van der Waals surface area contributed by atoms with Crippen LogP contribution >= 0.6 is 0 Å². The Balaban J connectivity index is 2.45. The topological polar surface area (TPSA) is 41.1 Å². The largest absolute Gasteiger partial charge is 0.321 e. The summed E-state index contributed by atoms with van der Waals surface area (Å²) < 4.78 is 39.9. The molecule has 0 aromatic heterocycles. The average Bonchev–Trinajstić information content (AvgIpc) is 2.61. The van der Waals surface area contributed by atoms with Gasteiger partial charge in [0.05, 0.1) is 5.69 Å². The van der Waals surface area contributed by atoms with Crippen LogP contribution in [0, 0.1) is 17.5 Å². The standard InChI is InChI=1S/C11H11F3N2O/c1-2-3-15-10-7-5(12)4-6(13)8(14)9(7)16-11(10)17/h4,10,15H,2-3H2,1H3,(H,16,17). The number of nitrogens with one attached hydrogen (secondary N) is 2. The molecule has 0 spiro atoms. The molecule has 1 heterocycles. The van der Waals surface area contributed by atoms with Gasteiger partial charge in [0.1, 0.15) is 11.9 Å². The highest BCUT2D eigenvalue weighted by Crippen LogP contribution is 2.36. The molecule has 17 heavy (non-hydrogen) atoms. The third-order valence-electron chi connectivity index (χ3n) is 2.61. The number of fused-ring (bicyclic) bond motifs is 1. The van der Waals surface area contributed by atoms with Crippen molar-refractivity contribution in [2.24, 2.45) is 0 Å². The van der Waals surface area contributed by atoms with E-state index in [2.05, 4.69) is 10.6 Å². The van der Waals surface area contributed by atoms with Crippen molar-refractivity contribution < 1.29 is 18.0 Å². The van der Waals surface area contributed by atoms with Gasteiger partial charge in [0.25, 0.3) is 0 Å². The van der Waals surface area contributed by atoms with Crippen LogP contribution in [0.2, 0.25) is 0 Å². The molecule has 92 valence electrons. The molecule has 1 aromatic rings. The van der Waals surface area contributed by atoms with Crippen LogP contribution in [0.1, 0.15) is 24.9 Å². The van der Waals surface area contributed by atoms with Crippen LogP contribution in [0.25, 0.3) is 0 Å². The number of hydrogen-bond donors (Lipinski definition) is 2. The predicted octanol–water partition coefficient (Wildman–Crippen LogP) is 2.10. The number of benzene rings is 1. The molecule has 2 rings (SSSR count). The molecule has 3 nitrogen and oxygen atoms in total. The Labute approximate surface area is 96.0 Å². The predicted molar refractivity (Wildman–Crippen MR) is 56.0 cm³/mol. The van der Waals surface area contributed by atoms with Gasteiger partial charge in [-0.2, -0.15) is 0 Å². The fourth-order valence-corrected chi connectivity index (χ4v) is 1.82. The van der Waals surface area contributed by atoms with E-state index in [-0.39, 0.29) is 5.56 Å². The second kappa shape index (κ2) is 4.37. The summed E-state index contributed by atoms with van der Waals surface area (Å²) in [6.45, 7) is 2.36. The number of hydrogen-bond acceptors (Lipinski definition) is 2. The Bertz CT molecular complexity index is 476. The highest BCUT2D eigenvalue weighted by atomic mass is 19.2. The second-order valence-corrected chi connectivity index (χ2v) is 3.82. The van der Waals surface area contributed by atoms with Gasteiger partial charge in [-0.3, -0.25) is 4.79 Å². The summed E-state index contributed by atoms with van der Waals surface area (Å²) in [5.41, 5.74) is -0.552.